The monoisotopic (exact) mass is 741 g/mol. The normalized spacial score (nSPS) is 11.2. The average Bonchev–Trinajstić information content (AvgIpc) is 3.22. The minimum absolute atomic E-state index is 0.218. The Morgan fingerprint density at radius 3 is 1.69 bits per heavy atom. The maximum atomic E-state index is 12.8. The zero-order valence-corrected chi connectivity index (χ0v) is 32.4. The van der Waals surface area contributed by atoms with E-state index < -0.39 is 7.26 Å². The second kappa shape index (κ2) is 19.1. The van der Waals surface area contributed by atoms with Gasteiger partial charge in [-0.15, -0.1) is 0 Å². The van der Waals surface area contributed by atoms with E-state index >= 15 is 0 Å². The Morgan fingerprint density at radius 1 is 0.611 bits per heavy atom. The van der Waals surface area contributed by atoms with Crippen molar-refractivity contribution in [3.8, 4) is 23.0 Å². The van der Waals surface area contributed by atoms with Gasteiger partial charge in [0, 0.05) is 47.6 Å². The number of aromatic nitrogens is 1. The van der Waals surface area contributed by atoms with E-state index in [1.165, 1.54) is 41.6 Å². The molecule has 1 aromatic heterocycles. The van der Waals surface area contributed by atoms with Crippen LogP contribution in [0.15, 0.2) is 134 Å². The van der Waals surface area contributed by atoms with E-state index in [0.717, 1.165) is 42.2 Å². The topological polar surface area (TPSA) is 78.9 Å². The van der Waals surface area contributed by atoms with Crippen LogP contribution in [0.1, 0.15) is 51.4 Å². The van der Waals surface area contributed by atoms with Gasteiger partial charge in [0.25, 0.3) is 0 Å². The highest BCUT2D eigenvalue weighted by molar-refractivity contribution is 7.95. The van der Waals surface area contributed by atoms with E-state index in [-0.39, 0.29) is 5.97 Å². The van der Waals surface area contributed by atoms with Gasteiger partial charge in [-0.1, -0.05) is 80.3 Å². The van der Waals surface area contributed by atoms with Crippen molar-refractivity contribution in [3.63, 3.8) is 0 Å². The number of hydrogen-bond donors (Lipinski definition) is 1. The van der Waals surface area contributed by atoms with E-state index in [2.05, 4.69) is 101 Å². The van der Waals surface area contributed by atoms with Gasteiger partial charge < -0.3 is 24.3 Å². The number of ether oxygens (including phenoxy) is 4. The van der Waals surface area contributed by atoms with E-state index in [1.54, 1.807) is 33.6 Å². The van der Waals surface area contributed by atoms with E-state index in [1.807, 2.05) is 30.3 Å². The SMILES string of the molecule is COc1cc(Nc2ccnc3cc(OC(=O)CCCCCCCCC[P+](c4ccccc4)(c4ccccc4)c4ccccc4)ccc23)cc(OC)c1OC. The van der Waals surface area contributed by atoms with Crippen molar-refractivity contribution in [2.45, 2.75) is 51.4 Å². The maximum absolute atomic E-state index is 12.8. The quantitative estimate of drug-likeness (QED) is 0.0383. The summed E-state index contributed by atoms with van der Waals surface area (Å²) < 4.78 is 22.2. The lowest BCUT2D eigenvalue weighted by atomic mass is 10.1. The van der Waals surface area contributed by atoms with Crippen molar-refractivity contribution in [2.75, 3.05) is 32.8 Å². The summed E-state index contributed by atoms with van der Waals surface area (Å²) in [6.45, 7) is 0. The smallest absolute Gasteiger partial charge is 0.311 e. The Balaban J connectivity index is 0.964. The summed E-state index contributed by atoms with van der Waals surface area (Å²) in [5.41, 5.74) is 2.33. The largest absolute Gasteiger partial charge is 0.493 e. The number of carbonyl (C=O) groups is 1. The molecule has 0 saturated carbocycles. The van der Waals surface area contributed by atoms with Crippen LogP contribution in [-0.2, 0) is 4.79 Å². The molecule has 5 aromatic carbocycles. The molecule has 1 heterocycles. The summed E-state index contributed by atoms with van der Waals surface area (Å²) in [4.78, 5) is 17.3. The first-order valence-corrected chi connectivity index (χ1v) is 20.7. The molecule has 0 radical (unpaired) electrons. The highest BCUT2D eigenvalue weighted by Crippen LogP contribution is 2.56. The molecule has 0 bridgehead atoms. The number of esters is 1. The number of unbranched alkanes of at least 4 members (excludes halogenated alkanes) is 6. The molecule has 7 nitrogen and oxygen atoms in total. The summed E-state index contributed by atoms with van der Waals surface area (Å²) >= 11 is 0. The molecular weight excluding hydrogens is 691 g/mol. The number of methoxy groups -OCH3 is 3. The van der Waals surface area contributed by atoms with Crippen LogP contribution in [0.3, 0.4) is 0 Å². The molecule has 0 fully saturated rings. The molecule has 0 aliphatic rings. The van der Waals surface area contributed by atoms with Gasteiger partial charge in [0.2, 0.25) is 5.75 Å². The first-order valence-electron chi connectivity index (χ1n) is 18.8. The van der Waals surface area contributed by atoms with Crippen molar-refractivity contribution < 1.29 is 23.7 Å². The second-order valence-corrected chi connectivity index (χ2v) is 16.9. The third-order valence-electron chi connectivity index (χ3n) is 9.85. The number of fused-ring (bicyclic) bond motifs is 1. The molecule has 0 atom stereocenters. The fraction of sp³-hybridized carbons (Fsp3) is 0.261. The highest BCUT2D eigenvalue weighted by Gasteiger charge is 2.44. The minimum atomic E-state index is -1.77. The van der Waals surface area contributed by atoms with Crippen molar-refractivity contribution in [1.29, 1.82) is 0 Å². The fourth-order valence-electron chi connectivity index (χ4n) is 7.18. The molecule has 6 rings (SSSR count). The number of nitrogens with one attached hydrogen (secondary N) is 1. The number of nitrogens with zero attached hydrogens (tertiary/aromatic N) is 1. The number of benzene rings is 5. The molecule has 0 aliphatic carbocycles. The lowest BCUT2D eigenvalue weighted by Crippen LogP contribution is -2.33. The van der Waals surface area contributed by atoms with Crippen LogP contribution in [0, 0.1) is 0 Å². The number of anilines is 2. The van der Waals surface area contributed by atoms with Gasteiger partial charge in [-0.2, -0.15) is 0 Å². The lowest BCUT2D eigenvalue weighted by molar-refractivity contribution is -0.134. The van der Waals surface area contributed by atoms with Gasteiger partial charge in [-0.3, -0.25) is 9.78 Å². The third-order valence-corrected chi connectivity index (χ3v) is 14.4. The molecule has 0 spiro atoms. The molecule has 0 aliphatic heterocycles. The summed E-state index contributed by atoms with van der Waals surface area (Å²) in [7, 11) is 2.98. The minimum Gasteiger partial charge on any atom is -0.493 e. The first-order chi connectivity index (χ1) is 26.5. The fourth-order valence-corrected chi connectivity index (χ4v) is 11.6. The maximum Gasteiger partial charge on any atom is 0.311 e. The van der Waals surface area contributed by atoms with Gasteiger partial charge >= 0.3 is 5.97 Å². The van der Waals surface area contributed by atoms with E-state index in [0.29, 0.717) is 34.9 Å². The van der Waals surface area contributed by atoms with Crippen molar-refractivity contribution in [2.24, 2.45) is 0 Å². The van der Waals surface area contributed by atoms with Crippen LogP contribution in [0.5, 0.6) is 23.0 Å². The van der Waals surface area contributed by atoms with Gasteiger partial charge in [-0.25, -0.2) is 0 Å². The molecule has 6 aromatic rings. The predicted octanol–water partition coefficient (Wildman–Crippen LogP) is 10.0. The van der Waals surface area contributed by atoms with Gasteiger partial charge in [0.1, 0.15) is 28.9 Å². The van der Waals surface area contributed by atoms with Gasteiger partial charge in [0.15, 0.2) is 11.5 Å². The Bertz CT molecular complexity index is 1970. The van der Waals surface area contributed by atoms with E-state index in [4.69, 9.17) is 18.9 Å². The molecule has 0 amide bonds. The number of hydrogen-bond acceptors (Lipinski definition) is 7. The molecule has 8 heteroatoms. The second-order valence-electron chi connectivity index (χ2n) is 13.3. The zero-order chi connectivity index (χ0) is 37.6. The van der Waals surface area contributed by atoms with Crippen LogP contribution < -0.4 is 40.2 Å². The Morgan fingerprint density at radius 2 is 1.15 bits per heavy atom. The Kier molecular flexibility index (Phi) is 13.6. The number of pyridine rings is 1. The van der Waals surface area contributed by atoms with Crippen LogP contribution in [0.25, 0.3) is 10.9 Å². The zero-order valence-electron chi connectivity index (χ0n) is 31.5. The summed E-state index contributed by atoms with van der Waals surface area (Å²) in [5, 5.41) is 8.66. The number of carbonyl (C=O) groups excluding carboxylic acids is 1. The van der Waals surface area contributed by atoms with Crippen LogP contribution >= 0.6 is 7.26 Å². The molecular formula is C46H50N2O5P+. The standard InChI is InChI=1S/C46H50N2O5P/c1-50-43-32-35(33-44(51-2)46(43)52-3)48-41-29-30-47-42-34-36(27-28-40(41)42)53-45(49)26-18-7-5-4-6-8-19-31-54(37-20-12-9-13-21-37,38-22-14-10-15-23-38)39-24-16-11-17-25-39/h9-17,20-25,27-30,32-34H,4-8,18-19,26,31H2,1-3H3,(H,47,48)/q+1. The first kappa shape index (κ1) is 38.3. The summed E-state index contributed by atoms with van der Waals surface area (Å²) in [6, 6.07) is 44.5. The molecule has 0 unspecified atom stereocenters. The molecule has 54 heavy (non-hydrogen) atoms. The Labute approximate surface area is 320 Å². The van der Waals surface area contributed by atoms with Gasteiger partial charge in [0.05, 0.1) is 33.0 Å². The highest BCUT2D eigenvalue weighted by atomic mass is 31.2. The van der Waals surface area contributed by atoms with Crippen LogP contribution in [0.4, 0.5) is 11.4 Å². The lowest BCUT2D eigenvalue weighted by Gasteiger charge is -2.27. The van der Waals surface area contributed by atoms with Gasteiger partial charge in [-0.05, 0) is 73.9 Å². The summed E-state index contributed by atoms with van der Waals surface area (Å²) in [5.74, 6) is 1.90. The summed E-state index contributed by atoms with van der Waals surface area (Å²) in [6.07, 6.45) is 11.0. The van der Waals surface area contributed by atoms with Crippen molar-refractivity contribution >= 4 is 51.4 Å². The average molecular weight is 742 g/mol. The van der Waals surface area contributed by atoms with Crippen LogP contribution in [-0.4, -0.2) is 38.4 Å². The Hall–Kier alpha value is -5.39. The van der Waals surface area contributed by atoms with Crippen LogP contribution in [0.2, 0.25) is 0 Å². The van der Waals surface area contributed by atoms with Crippen molar-refractivity contribution in [1.82, 2.24) is 4.98 Å². The molecule has 278 valence electrons. The molecule has 0 saturated heterocycles. The van der Waals surface area contributed by atoms with E-state index in [9.17, 15) is 4.79 Å². The third kappa shape index (κ3) is 9.21. The molecule has 1 N–H and O–H groups in total. The predicted molar refractivity (Wildman–Crippen MR) is 224 cm³/mol. The number of rotatable bonds is 19. The van der Waals surface area contributed by atoms with Crippen molar-refractivity contribution in [3.05, 3.63) is 134 Å².